The quantitative estimate of drug-likeness (QED) is 0.860. The smallest absolute Gasteiger partial charge is 0.198 e. The first-order valence-electron chi connectivity index (χ1n) is 6.14. The van der Waals surface area contributed by atoms with Crippen molar-refractivity contribution in [2.45, 2.75) is 37.6 Å². The van der Waals surface area contributed by atoms with Gasteiger partial charge in [-0.1, -0.05) is 11.6 Å². The molecular formula is C13H14ClFN2O. The molecule has 0 amide bonds. The highest BCUT2D eigenvalue weighted by molar-refractivity contribution is 6.31. The van der Waals surface area contributed by atoms with Gasteiger partial charge in [0.1, 0.15) is 11.3 Å². The molecule has 0 spiro atoms. The molecule has 0 radical (unpaired) electrons. The highest BCUT2D eigenvalue weighted by atomic mass is 35.5. The average molecular weight is 269 g/mol. The number of benzene rings is 1. The van der Waals surface area contributed by atoms with Crippen molar-refractivity contribution in [2.24, 2.45) is 5.73 Å². The van der Waals surface area contributed by atoms with Gasteiger partial charge in [0.15, 0.2) is 11.5 Å². The summed E-state index contributed by atoms with van der Waals surface area (Å²) < 4.78 is 18.9. The van der Waals surface area contributed by atoms with Gasteiger partial charge in [-0.15, -0.1) is 0 Å². The van der Waals surface area contributed by atoms with Gasteiger partial charge >= 0.3 is 0 Å². The molecule has 5 heteroatoms. The second-order valence-corrected chi connectivity index (χ2v) is 5.31. The predicted octanol–water partition coefficient (Wildman–Crippen LogP) is 3.61. The van der Waals surface area contributed by atoms with E-state index in [1.165, 1.54) is 12.1 Å². The van der Waals surface area contributed by atoms with Gasteiger partial charge in [0, 0.05) is 18.0 Å². The Hall–Kier alpha value is -1.13. The summed E-state index contributed by atoms with van der Waals surface area (Å²) in [5.41, 5.74) is 6.95. The van der Waals surface area contributed by atoms with Gasteiger partial charge in [-0.2, -0.15) is 0 Å². The topological polar surface area (TPSA) is 52.0 Å². The number of hydrogen-bond donors (Lipinski definition) is 1. The molecule has 1 heterocycles. The third kappa shape index (κ3) is 2.10. The van der Waals surface area contributed by atoms with Crippen molar-refractivity contribution in [3.8, 4) is 0 Å². The van der Waals surface area contributed by atoms with E-state index < -0.39 is 5.82 Å². The summed E-state index contributed by atoms with van der Waals surface area (Å²) in [5, 5.41) is 0.0769. The zero-order chi connectivity index (χ0) is 12.7. The lowest BCUT2D eigenvalue weighted by atomic mass is 9.86. The minimum Gasteiger partial charge on any atom is -0.440 e. The van der Waals surface area contributed by atoms with Crippen LogP contribution in [0.25, 0.3) is 11.1 Å². The fraction of sp³-hybridized carbons (Fsp3) is 0.462. The van der Waals surface area contributed by atoms with Crippen molar-refractivity contribution in [2.75, 3.05) is 0 Å². The average Bonchev–Trinajstić information content (AvgIpc) is 2.73. The maximum Gasteiger partial charge on any atom is 0.198 e. The minimum atomic E-state index is -0.475. The molecule has 0 atom stereocenters. The summed E-state index contributed by atoms with van der Waals surface area (Å²) >= 11 is 5.73. The molecule has 0 unspecified atom stereocenters. The van der Waals surface area contributed by atoms with Crippen LogP contribution in [0.15, 0.2) is 16.5 Å². The Labute approximate surface area is 109 Å². The fourth-order valence-corrected chi connectivity index (χ4v) is 2.64. The Balaban J connectivity index is 1.93. The molecule has 2 aromatic rings. The van der Waals surface area contributed by atoms with E-state index in [9.17, 15) is 4.39 Å². The van der Waals surface area contributed by atoms with Crippen LogP contribution < -0.4 is 5.73 Å². The molecule has 0 bridgehead atoms. The van der Waals surface area contributed by atoms with Crippen LogP contribution in [0.1, 0.15) is 37.5 Å². The van der Waals surface area contributed by atoms with Crippen LogP contribution in [0.2, 0.25) is 5.02 Å². The van der Waals surface area contributed by atoms with Crippen LogP contribution in [-0.4, -0.2) is 11.0 Å². The molecule has 1 fully saturated rings. The second kappa shape index (κ2) is 4.52. The molecule has 3 nitrogen and oxygen atoms in total. The third-order valence-electron chi connectivity index (χ3n) is 3.57. The lowest BCUT2D eigenvalue weighted by molar-refractivity contribution is 0.346. The monoisotopic (exact) mass is 268 g/mol. The maximum absolute atomic E-state index is 13.3. The first kappa shape index (κ1) is 11.9. The number of oxazole rings is 1. The van der Waals surface area contributed by atoms with Crippen LogP contribution in [0, 0.1) is 5.82 Å². The summed E-state index contributed by atoms with van der Waals surface area (Å²) in [5.74, 6) is 0.495. The highest BCUT2D eigenvalue weighted by Crippen LogP contribution is 2.34. The number of nitrogens with two attached hydrogens (primary N) is 1. The molecule has 0 saturated heterocycles. The van der Waals surface area contributed by atoms with E-state index in [-0.39, 0.29) is 11.1 Å². The number of fused-ring (bicyclic) bond motifs is 1. The largest absolute Gasteiger partial charge is 0.440 e. The number of aromatic nitrogens is 1. The zero-order valence-corrected chi connectivity index (χ0v) is 10.6. The van der Waals surface area contributed by atoms with Crippen molar-refractivity contribution < 1.29 is 8.81 Å². The van der Waals surface area contributed by atoms with Gasteiger partial charge in [0.2, 0.25) is 0 Å². The van der Waals surface area contributed by atoms with E-state index in [4.69, 9.17) is 21.8 Å². The van der Waals surface area contributed by atoms with Crippen LogP contribution in [0.5, 0.6) is 0 Å². The summed E-state index contributed by atoms with van der Waals surface area (Å²) in [7, 11) is 0. The van der Waals surface area contributed by atoms with Gasteiger partial charge in [-0.3, -0.25) is 0 Å². The van der Waals surface area contributed by atoms with Crippen LogP contribution >= 0.6 is 11.6 Å². The molecule has 3 rings (SSSR count). The number of rotatable bonds is 1. The van der Waals surface area contributed by atoms with Gasteiger partial charge < -0.3 is 10.2 Å². The predicted molar refractivity (Wildman–Crippen MR) is 68.2 cm³/mol. The first-order valence-corrected chi connectivity index (χ1v) is 6.52. The lowest BCUT2D eigenvalue weighted by Crippen LogP contribution is -2.25. The Morgan fingerprint density at radius 3 is 2.72 bits per heavy atom. The molecule has 2 N–H and O–H groups in total. The molecule has 18 heavy (non-hydrogen) atoms. The van der Waals surface area contributed by atoms with Crippen molar-refractivity contribution in [1.82, 2.24) is 4.98 Å². The third-order valence-corrected chi connectivity index (χ3v) is 3.86. The Morgan fingerprint density at radius 1 is 1.28 bits per heavy atom. The van der Waals surface area contributed by atoms with Crippen molar-refractivity contribution in [1.29, 1.82) is 0 Å². The number of hydrogen-bond acceptors (Lipinski definition) is 3. The van der Waals surface area contributed by atoms with Crippen molar-refractivity contribution in [3.05, 3.63) is 28.9 Å². The van der Waals surface area contributed by atoms with E-state index in [0.29, 0.717) is 22.9 Å². The molecule has 1 aromatic carbocycles. The van der Waals surface area contributed by atoms with Crippen molar-refractivity contribution >= 4 is 22.7 Å². The van der Waals surface area contributed by atoms with E-state index in [1.54, 1.807) is 0 Å². The van der Waals surface area contributed by atoms with Gasteiger partial charge in [0.05, 0.1) is 5.02 Å². The normalized spacial score (nSPS) is 24.6. The molecule has 0 aliphatic heterocycles. The zero-order valence-electron chi connectivity index (χ0n) is 9.83. The number of nitrogens with zero attached hydrogens (tertiary/aromatic N) is 1. The maximum atomic E-state index is 13.3. The molecule has 1 aliphatic rings. The van der Waals surface area contributed by atoms with Gasteiger partial charge in [0.25, 0.3) is 0 Å². The van der Waals surface area contributed by atoms with E-state index in [2.05, 4.69) is 4.98 Å². The van der Waals surface area contributed by atoms with Gasteiger partial charge in [-0.05, 0) is 31.7 Å². The number of halogens is 2. The molecule has 96 valence electrons. The SMILES string of the molecule is NC1CCC(c2nc3cc(Cl)c(F)cc3o2)CC1. The van der Waals surface area contributed by atoms with E-state index in [0.717, 1.165) is 25.7 Å². The Bertz CT molecular complexity index is 537. The summed E-state index contributed by atoms with van der Waals surface area (Å²) in [6, 6.07) is 3.09. The minimum absolute atomic E-state index is 0.0769. The lowest BCUT2D eigenvalue weighted by Gasteiger charge is -2.23. The second-order valence-electron chi connectivity index (χ2n) is 4.90. The van der Waals surface area contributed by atoms with Crippen LogP contribution in [0.3, 0.4) is 0 Å². The van der Waals surface area contributed by atoms with E-state index in [1.807, 2.05) is 0 Å². The van der Waals surface area contributed by atoms with Crippen LogP contribution in [0.4, 0.5) is 4.39 Å². The molecule has 1 aliphatic carbocycles. The van der Waals surface area contributed by atoms with Crippen molar-refractivity contribution in [3.63, 3.8) is 0 Å². The summed E-state index contributed by atoms with van der Waals surface area (Å²) in [6.07, 6.45) is 3.92. The first-order chi connectivity index (χ1) is 8.63. The van der Waals surface area contributed by atoms with Crippen LogP contribution in [-0.2, 0) is 0 Å². The Morgan fingerprint density at radius 2 is 2.00 bits per heavy atom. The molecule has 1 aromatic heterocycles. The van der Waals surface area contributed by atoms with Gasteiger partial charge in [-0.25, -0.2) is 9.37 Å². The fourth-order valence-electron chi connectivity index (χ4n) is 2.48. The highest BCUT2D eigenvalue weighted by Gasteiger charge is 2.24. The summed E-state index contributed by atoms with van der Waals surface area (Å²) in [6.45, 7) is 0. The summed E-state index contributed by atoms with van der Waals surface area (Å²) in [4.78, 5) is 4.40. The Kier molecular flexibility index (Phi) is 2.99. The molecular weight excluding hydrogens is 255 g/mol. The van der Waals surface area contributed by atoms with E-state index >= 15 is 0 Å². The molecule has 1 saturated carbocycles. The standard InChI is InChI=1S/C13H14ClFN2O/c14-9-5-11-12(6-10(9)15)18-13(17-11)7-1-3-8(16)4-2-7/h5-8H,1-4,16H2.